The highest BCUT2D eigenvalue weighted by molar-refractivity contribution is 5.97. The van der Waals surface area contributed by atoms with Crippen LogP contribution in [0.3, 0.4) is 0 Å². The standard InChI is InChI=1S/C40H56N4O11/c1-3-43-24-44(4-2)31-19-29(13-14-30(31)43)40(55)41-17-15-25-5-9-27(10-6-25)28-11-7-26(8-12-28)16-18-42(20-32(47)36(51)38(53)34(49)22-45)21-33(48)37(52)39(54)35(50)23-46/h5-14,19,24,32-39,45-54H,3-4,15-18,20-23H2,1-2H3/p+1/t32-,33-,34+,35+,36+,37+,38+,39+/m0/s1. The van der Waals surface area contributed by atoms with Gasteiger partial charge in [-0.25, -0.2) is 9.13 Å². The molecule has 1 aromatic heterocycles. The maximum Gasteiger partial charge on any atom is 0.251 e. The molecule has 11 N–H and O–H groups in total. The summed E-state index contributed by atoms with van der Waals surface area (Å²) in [6.07, 6.45) is -11.0. The van der Waals surface area contributed by atoms with Gasteiger partial charge < -0.3 is 56.4 Å². The third kappa shape index (κ3) is 11.6. The first kappa shape index (κ1) is 43.9. The van der Waals surface area contributed by atoms with E-state index in [1.807, 2.05) is 66.7 Å². The first-order valence-electron chi connectivity index (χ1n) is 18.7. The Bertz CT molecular complexity index is 1740. The van der Waals surface area contributed by atoms with Crippen LogP contribution in [0.1, 0.15) is 35.3 Å². The molecular weight excluding hydrogens is 712 g/mol. The van der Waals surface area contributed by atoms with Crippen molar-refractivity contribution in [1.82, 2.24) is 14.8 Å². The van der Waals surface area contributed by atoms with Crippen molar-refractivity contribution in [2.24, 2.45) is 0 Å². The molecule has 0 aliphatic heterocycles. The van der Waals surface area contributed by atoms with Gasteiger partial charge in [0, 0.05) is 37.8 Å². The van der Waals surface area contributed by atoms with Crippen LogP contribution in [-0.4, -0.2) is 155 Å². The highest BCUT2D eigenvalue weighted by atomic mass is 16.4. The number of fused-ring (bicyclic) bond motifs is 1. The third-order valence-corrected chi connectivity index (χ3v) is 10.0. The summed E-state index contributed by atoms with van der Waals surface area (Å²) in [6, 6.07) is 21.5. The van der Waals surface area contributed by atoms with E-state index in [9.17, 15) is 45.6 Å². The van der Waals surface area contributed by atoms with Gasteiger partial charge in [-0.1, -0.05) is 48.5 Å². The maximum absolute atomic E-state index is 12.9. The number of aliphatic hydroxyl groups excluding tert-OH is 10. The lowest BCUT2D eigenvalue weighted by molar-refractivity contribution is -0.668. The van der Waals surface area contributed by atoms with Crippen molar-refractivity contribution >= 4 is 16.9 Å². The fraction of sp³-hybridized carbons (Fsp3) is 0.500. The SMILES string of the molecule is CCn1c[n+](CC)c2ccc(C(=O)NCCc3ccc(-c4ccc(CCN(C[C@H](O)[C@@H](O)[C@H](O)[C@H](O)CO)C[C@H](O)[C@@H](O)[C@H](O)[C@H](O)CO)cc4)cc3)cc21. The first-order chi connectivity index (χ1) is 26.3. The molecule has 0 radical (unpaired) electrons. The topological polar surface area (TPSA) is 243 Å². The Morgan fingerprint density at radius 1 is 0.691 bits per heavy atom. The summed E-state index contributed by atoms with van der Waals surface area (Å²) in [4.78, 5) is 14.4. The number of hydrogen-bond acceptors (Lipinski definition) is 12. The molecule has 8 atom stereocenters. The molecule has 0 unspecified atom stereocenters. The van der Waals surface area contributed by atoms with Crippen molar-refractivity contribution in [3.8, 4) is 11.1 Å². The van der Waals surface area contributed by atoms with Crippen LogP contribution < -0.4 is 9.88 Å². The molecule has 1 heterocycles. The Morgan fingerprint density at radius 3 is 1.65 bits per heavy atom. The smallest absolute Gasteiger partial charge is 0.251 e. The van der Waals surface area contributed by atoms with Crippen molar-refractivity contribution in [1.29, 1.82) is 0 Å². The van der Waals surface area contributed by atoms with E-state index in [-0.39, 0.29) is 25.5 Å². The van der Waals surface area contributed by atoms with Crippen molar-refractivity contribution in [3.63, 3.8) is 0 Å². The molecule has 0 saturated heterocycles. The molecule has 0 fully saturated rings. The van der Waals surface area contributed by atoms with Gasteiger partial charge in [0.1, 0.15) is 36.6 Å². The Hall–Kier alpha value is -3.84. The second-order valence-electron chi connectivity index (χ2n) is 13.9. The molecule has 0 aliphatic carbocycles. The lowest BCUT2D eigenvalue weighted by atomic mass is 10.00. The Labute approximate surface area is 320 Å². The van der Waals surface area contributed by atoms with Crippen molar-refractivity contribution in [3.05, 3.63) is 89.7 Å². The van der Waals surface area contributed by atoms with E-state index in [1.165, 1.54) is 4.90 Å². The van der Waals surface area contributed by atoms with E-state index < -0.39 is 62.0 Å². The molecular formula is C40H57N4O11+. The van der Waals surface area contributed by atoms with E-state index in [0.717, 1.165) is 46.4 Å². The van der Waals surface area contributed by atoms with E-state index in [1.54, 1.807) is 0 Å². The number of imidazole rings is 1. The zero-order chi connectivity index (χ0) is 40.2. The number of nitrogens with one attached hydrogen (secondary N) is 1. The lowest BCUT2D eigenvalue weighted by Gasteiger charge is -2.33. The lowest BCUT2D eigenvalue weighted by Crippen LogP contribution is -2.53. The second kappa shape index (κ2) is 20.9. The van der Waals surface area contributed by atoms with Crippen molar-refractivity contribution in [2.75, 3.05) is 39.4 Å². The highest BCUT2D eigenvalue weighted by Crippen LogP contribution is 2.22. The summed E-state index contributed by atoms with van der Waals surface area (Å²) in [5, 5.41) is 103. The minimum Gasteiger partial charge on any atom is -0.394 e. The molecule has 15 nitrogen and oxygen atoms in total. The molecule has 3 aromatic carbocycles. The average Bonchev–Trinajstić information content (AvgIpc) is 3.58. The average molecular weight is 770 g/mol. The van der Waals surface area contributed by atoms with Crippen LogP contribution in [0, 0.1) is 0 Å². The quantitative estimate of drug-likeness (QED) is 0.0402. The van der Waals surface area contributed by atoms with Crippen LogP contribution in [-0.2, 0) is 25.9 Å². The van der Waals surface area contributed by atoms with Crippen LogP contribution in [0.2, 0.25) is 0 Å². The van der Waals surface area contributed by atoms with E-state index >= 15 is 0 Å². The number of amides is 1. The van der Waals surface area contributed by atoms with Gasteiger partial charge in [0.15, 0.2) is 11.0 Å². The summed E-state index contributed by atoms with van der Waals surface area (Å²) in [5.41, 5.74) is 6.63. The fourth-order valence-corrected chi connectivity index (χ4v) is 6.50. The zero-order valence-electron chi connectivity index (χ0n) is 31.3. The molecule has 0 aliphatic rings. The van der Waals surface area contributed by atoms with Gasteiger partial charge in [0.05, 0.1) is 38.5 Å². The zero-order valence-corrected chi connectivity index (χ0v) is 31.3. The Morgan fingerprint density at radius 2 is 1.18 bits per heavy atom. The van der Waals surface area contributed by atoms with Gasteiger partial charge in [-0.3, -0.25) is 9.69 Å². The number of carbonyl (C=O) groups excluding carboxylic acids is 1. The molecule has 302 valence electrons. The van der Waals surface area contributed by atoms with Crippen LogP contribution >= 0.6 is 0 Å². The normalized spacial score (nSPS) is 16.4. The van der Waals surface area contributed by atoms with Crippen molar-refractivity contribution in [2.45, 2.75) is 88.6 Å². The molecule has 0 saturated carbocycles. The van der Waals surface area contributed by atoms with Gasteiger partial charge in [0.2, 0.25) is 6.33 Å². The van der Waals surface area contributed by atoms with Crippen LogP contribution in [0.5, 0.6) is 0 Å². The third-order valence-electron chi connectivity index (χ3n) is 10.0. The predicted molar refractivity (Wildman–Crippen MR) is 204 cm³/mol. The Kier molecular flexibility index (Phi) is 16.7. The molecule has 15 heteroatoms. The number of rotatable bonds is 22. The number of nitrogens with zero attached hydrogens (tertiary/aromatic N) is 3. The molecule has 0 spiro atoms. The van der Waals surface area contributed by atoms with E-state index in [4.69, 9.17) is 10.2 Å². The predicted octanol–water partition coefficient (Wildman–Crippen LogP) is -1.68. The number of benzene rings is 3. The second-order valence-corrected chi connectivity index (χ2v) is 13.9. The van der Waals surface area contributed by atoms with Crippen LogP contribution in [0.15, 0.2) is 73.1 Å². The number of hydrogen-bond donors (Lipinski definition) is 11. The van der Waals surface area contributed by atoms with Gasteiger partial charge in [-0.15, -0.1) is 0 Å². The van der Waals surface area contributed by atoms with Gasteiger partial charge in [-0.2, -0.15) is 0 Å². The minimum absolute atomic E-state index is 0.121. The van der Waals surface area contributed by atoms with Gasteiger partial charge in [-0.05, 0) is 61.1 Å². The fourth-order valence-electron chi connectivity index (χ4n) is 6.50. The number of aromatic nitrogens is 2. The van der Waals surface area contributed by atoms with E-state index in [0.29, 0.717) is 24.9 Å². The summed E-state index contributed by atoms with van der Waals surface area (Å²) in [5.74, 6) is -0.121. The minimum atomic E-state index is -1.86. The van der Waals surface area contributed by atoms with Crippen LogP contribution in [0.4, 0.5) is 0 Å². The summed E-state index contributed by atoms with van der Waals surface area (Å²) >= 11 is 0. The van der Waals surface area contributed by atoms with Crippen molar-refractivity contribution < 1.29 is 60.4 Å². The largest absolute Gasteiger partial charge is 0.394 e. The first-order valence-corrected chi connectivity index (χ1v) is 18.7. The number of aliphatic hydroxyl groups is 10. The van der Waals surface area contributed by atoms with Crippen LogP contribution in [0.25, 0.3) is 22.2 Å². The molecule has 4 rings (SSSR count). The highest BCUT2D eigenvalue weighted by Gasteiger charge is 2.34. The molecule has 55 heavy (non-hydrogen) atoms. The molecule has 1 amide bonds. The monoisotopic (exact) mass is 769 g/mol. The summed E-state index contributed by atoms with van der Waals surface area (Å²) in [7, 11) is 0. The molecule has 4 aromatic rings. The maximum atomic E-state index is 12.9. The van der Waals surface area contributed by atoms with Gasteiger partial charge >= 0.3 is 0 Å². The summed E-state index contributed by atoms with van der Waals surface area (Å²) < 4.78 is 4.29. The molecule has 0 bridgehead atoms. The Balaban J connectivity index is 1.33. The number of aryl methyl sites for hydroxylation is 2. The number of carbonyl (C=O) groups is 1. The van der Waals surface area contributed by atoms with Gasteiger partial charge in [0.25, 0.3) is 5.91 Å². The summed E-state index contributed by atoms with van der Waals surface area (Å²) in [6.45, 7) is 4.11. The van der Waals surface area contributed by atoms with E-state index in [2.05, 4.69) is 34.6 Å².